The van der Waals surface area contributed by atoms with Crippen LogP contribution in [0.3, 0.4) is 0 Å². The van der Waals surface area contributed by atoms with Crippen LogP contribution in [-0.2, 0) is 0 Å². The first-order valence-electron chi connectivity index (χ1n) is 10.2. The van der Waals surface area contributed by atoms with Crippen molar-refractivity contribution < 1.29 is 0 Å². The van der Waals surface area contributed by atoms with Crippen LogP contribution in [0.4, 0.5) is 0 Å². The van der Waals surface area contributed by atoms with Crippen molar-refractivity contribution in [2.75, 3.05) is 0 Å². The summed E-state index contributed by atoms with van der Waals surface area (Å²) in [6.07, 6.45) is 0. The lowest BCUT2D eigenvalue weighted by Gasteiger charge is -2.11. The van der Waals surface area contributed by atoms with Gasteiger partial charge in [-0.1, -0.05) is 106 Å². The largest absolute Gasteiger partial charge is 0.228 e. The summed E-state index contributed by atoms with van der Waals surface area (Å²) in [7, 11) is 0. The van der Waals surface area contributed by atoms with Crippen LogP contribution in [0.2, 0.25) is 5.02 Å². The minimum atomic E-state index is 0.663. The molecule has 0 bridgehead atoms. The smallest absolute Gasteiger partial charge is 0.160 e. The Labute approximate surface area is 200 Å². The molecule has 0 N–H and O–H groups in total. The standard InChI is InChI=1S/C28H18BrClN2/c29-25-15-14-23(30)17-24(25)27-18-26(31-28(32-27)20-10-5-2-6-11-20)22-13-7-12-21(16-22)19-8-3-1-4-9-19/h1-18H. The Morgan fingerprint density at radius 1 is 0.531 bits per heavy atom. The van der Waals surface area contributed by atoms with E-state index in [4.69, 9.17) is 21.6 Å². The van der Waals surface area contributed by atoms with Crippen molar-refractivity contribution in [3.63, 3.8) is 0 Å². The van der Waals surface area contributed by atoms with Crippen molar-refractivity contribution in [3.05, 3.63) is 119 Å². The monoisotopic (exact) mass is 496 g/mol. The third-order valence-electron chi connectivity index (χ3n) is 5.23. The maximum absolute atomic E-state index is 6.30. The van der Waals surface area contributed by atoms with Crippen LogP contribution in [-0.4, -0.2) is 9.97 Å². The van der Waals surface area contributed by atoms with Gasteiger partial charge in [0.2, 0.25) is 0 Å². The van der Waals surface area contributed by atoms with E-state index in [1.54, 1.807) is 0 Å². The molecule has 0 aliphatic carbocycles. The fraction of sp³-hybridized carbons (Fsp3) is 0. The summed E-state index contributed by atoms with van der Waals surface area (Å²) >= 11 is 9.96. The molecule has 5 rings (SSSR count). The maximum Gasteiger partial charge on any atom is 0.160 e. The highest BCUT2D eigenvalue weighted by Crippen LogP contribution is 2.34. The van der Waals surface area contributed by atoms with Crippen molar-refractivity contribution in [2.45, 2.75) is 0 Å². The molecule has 4 aromatic carbocycles. The molecule has 2 nitrogen and oxygen atoms in total. The summed E-state index contributed by atoms with van der Waals surface area (Å²) in [6.45, 7) is 0. The van der Waals surface area contributed by atoms with E-state index in [2.05, 4.69) is 64.5 Å². The molecule has 1 heterocycles. The minimum absolute atomic E-state index is 0.663. The fourth-order valence-electron chi connectivity index (χ4n) is 3.63. The number of nitrogens with zero attached hydrogens (tertiary/aromatic N) is 2. The molecule has 32 heavy (non-hydrogen) atoms. The van der Waals surface area contributed by atoms with E-state index in [1.165, 1.54) is 5.56 Å². The highest BCUT2D eigenvalue weighted by molar-refractivity contribution is 9.10. The summed E-state index contributed by atoms with van der Waals surface area (Å²) in [5, 5.41) is 0.663. The quantitative estimate of drug-likeness (QED) is 0.248. The molecule has 0 spiro atoms. The summed E-state index contributed by atoms with van der Waals surface area (Å²) in [5.74, 6) is 0.676. The highest BCUT2D eigenvalue weighted by Gasteiger charge is 2.13. The van der Waals surface area contributed by atoms with Gasteiger partial charge in [-0.05, 0) is 41.5 Å². The second kappa shape index (κ2) is 9.07. The van der Waals surface area contributed by atoms with Gasteiger partial charge in [0.25, 0.3) is 0 Å². The number of hydrogen-bond donors (Lipinski definition) is 0. The SMILES string of the molecule is Clc1ccc(Br)c(-c2cc(-c3cccc(-c4ccccc4)c3)nc(-c3ccccc3)n2)c1. The van der Waals surface area contributed by atoms with Crippen LogP contribution in [0.25, 0.3) is 45.0 Å². The molecule has 0 fully saturated rings. The van der Waals surface area contributed by atoms with Gasteiger partial charge in [-0.2, -0.15) is 0 Å². The fourth-order valence-corrected chi connectivity index (χ4v) is 4.25. The van der Waals surface area contributed by atoms with Gasteiger partial charge >= 0.3 is 0 Å². The molecule has 154 valence electrons. The molecular formula is C28H18BrClN2. The Hall–Kier alpha value is -3.27. The predicted octanol–water partition coefficient (Wildman–Crippen LogP) is 8.56. The van der Waals surface area contributed by atoms with Gasteiger partial charge in [0, 0.05) is 26.2 Å². The number of aromatic nitrogens is 2. The van der Waals surface area contributed by atoms with Gasteiger partial charge in [0.05, 0.1) is 11.4 Å². The van der Waals surface area contributed by atoms with E-state index in [-0.39, 0.29) is 0 Å². The van der Waals surface area contributed by atoms with Gasteiger partial charge in [0.15, 0.2) is 5.82 Å². The lowest BCUT2D eigenvalue weighted by molar-refractivity contribution is 1.18. The Balaban J connectivity index is 1.70. The number of rotatable bonds is 4. The first-order chi connectivity index (χ1) is 15.7. The average Bonchev–Trinajstić information content (AvgIpc) is 2.86. The van der Waals surface area contributed by atoms with E-state index in [1.807, 2.05) is 60.7 Å². The van der Waals surface area contributed by atoms with E-state index in [9.17, 15) is 0 Å². The minimum Gasteiger partial charge on any atom is -0.228 e. The van der Waals surface area contributed by atoms with Crippen molar-refractivity contribution >= 4 is 27.5 Å². The zero-order valence-electron chi connectivity index (χ0n) is 17.0. The van der Waals surface area contributed by atoms with Crippen molar-refractivity contribution in [2.24, 2.45) is 0 Å². The van der Waals surface area contributed by atoms with Crippen molar-refractivity contribution in [1.82, 2.24) is 9.97 Å². The Kier molecular flexibility index (Phi) is 5.85. The Morgan fingerprint density at radius 3 is 1.91 bits per heavy atom. The van der Waals surface area contributed by atoms with Gasteiger partial charge in [-0.25, -0.2) is 9.97 Å². The molecule has 0 saturated heterocycles. The zero-order valence-corrected chi connectivity index (χ0v) is 19.4. The predicted molar refractivity (Wildman–Crippen MR) is 136 cm³/mol. The van der Waals surface area contributed by atoms with Gasteiger partial charge in [-0.15, -0.1) is 0 Å². The van der Waals surface area contributed by atoms with Crippen molar-refractivity contribution in [3.8, 4) is 45.0 Å². The molecule has 0 saturated carbocycles. The third kappa shape index (κ3) is 4.36. The number of hydrogen-bond acceptors (Lipinski definition) is 2. The maximum atomic E-state index is 6.30. The average molecular weight is 498 g/mol. The second-order valence-corrected chi connectivity index (χ2v) is 8.69. The second-order valence-electron chi connectivity index (χ2n) is 7.40. The van der Waals surface area contributed by atoms with Crippen LogP contribution >= 0.6 is 27.5 Å². The third-order valence-corrected chi connectivity index (χ3v) is 6.15. The van der Waals surface area contributed by atoms with E-state index in [0.717, 1.165) is 38.1 Å². The zero-order chi connectivity index (χ0) is 21.9. The van der Waals surface area contributed by atoms with Gasteiger partial charge < -0.3 is 0 Å². The lowest BCUT2D eigenvalue weighted by atomic mass is 10.0. The van der Waals surface area contributed by atoms with E-state index < -0.39 is 0 Å². The topological polar surface area (TPSA) is 25.8 Å². The molecule has 0 radical (unpaired) electrons. The van der Waals surface area contributed by atoms with Crippen LogP contribution in [0.5, 0.6) is 0 Å². The first kappa shape index (κ1) is 20.6. The number of benzene rings is 4. The molecule has 0 unspecified atom stereocenters. The molecular weight excluding hydrogens is 480 g/mol. The lowest BCUT2D eigenvalue weighted by Crippen LogP contribution is -1.96. The molecule has 0 aliphatic heterocycles. The summed E-state index contributed by atoms with van der Waals surface area (Å²) < 4.78 is 0.934. The Bertz CT molecular complexity index is 1390. The van der Waals surface area contributed by atoms with Crippen molar-refractivity contribution in [1.29, 1.82) is 0 Å². The molecule has 4 heteroatoms. The van der Waals surface area contributed by atoms with Crippen LogP contribution < -0.4 is 0 Å². The molecule has 0 amide bonds. The Morgan fingerprint density at radius 2 is 1.16 bits per heavy atom. The van der Waals surface area contributed by atoms with Crippen LogP contribution in [0.15, 0.2) is 114 Å². The summed E-state index contributed by atoms with van der Waals surface area (Å²) in [5.41, 5.74) is 6.92. The molecule has 5 aromatic rings. The molecule has 1 aromatic heterocycles. The van der Waals surface area contributed by atoms with Crippen LogP contribution in [0.1, 0.15) is 0 Å². The first-order valence-corrected chi connectivity index (χ1v) is 11.4. The summed E-state index contributed by atoms with van der Waals surface area (Å²) in [4.78, 5) is 9.81. The molecule has 0 aliphatic rings. The number of halogens is 2. The summed E-state index contributed by atoms with van der Waals surface area (Å²) in [6, 6.07) is 36.6. The highest BCUT2D eigenvalue weighted by atomic mass is 79.9. The van der Waals surface area contributed by atoms with Gasteiger partial charge in [-0.3, -0.25) is 0 Å². The van der Waals surface area contributed by atoms with E-state index in [0.29, 0.717) is 10.8 Å². The van der Waals surface area contributed by atoms with Gasteiger partial charge in [0.1, 0.15) is 0 Å². The van der Waals surface area contributed by atoms with Crippen LogP contribution in [0, 0.1) is 0 Å². The normalized spacial score (nSPS) is 10.8. The molecule has 0 atom stereocenters. The van der Waals surface area contributed by atoms with E-state index >= 15 is 0 Å².